The van der Waals surface area contributed by atoms with E-state index in [9.17, 15) is 0 Å². The normalized spacial score (nSPS) is 13.5. The molecular formula is C36H21BN2. The molecule has 0 atom stereocenters. The summed E-state index contributed by atoms with van der Waals surface area (Å²) >= 11 is 0. The molecule has 0 aliphatic carbocycles. The lowest BCUT2D eigenvalue weighted by Crippen LogP contribution is -2.62. The van der Waals surface area contributed by atoms with Crippen molar-refractivity contribution >= 4 is 51.0 Å². The third-order valence-corrected chi connectivity index (χ3v) is 9.11. The molecule has 4 heterocycles. The summed E-state index contributed by atoms with van der Waals surface area (Å²) in [6.07, 6.45) is 0. The van der Waals surface area contributed by atoms with Gasteiger partial charge in [-0.1, -0.05) is 97.1 Å². The van der Waals surface area contributed by atoms with Crippen molar-refractivity contribution in [3.8, 4) is 39.1 Å². The van der Waals surface area contributed by atoms with Gasteiger partial charge >= 0.3 is 6.85 Å². The fourth-order valence-electron chi connectivity index (χ4n) is 7.61. The lowest BCUT2D eigenvalue weighted by molar-refractivity contribution is 1.18. The summed E-state index contributed by atoms with van der Waals surface area (Å²) in [7, 11) is 0. The SMILES string of the molecule is c1ccc(-c2ccc3c(c2)c2ccc4c5c2n3-c2cccc3c2B5N(c2ccccc2-3)c2ccccc2-4)cc1. The van der Waals surface area contributed by atoms with Crippen LogP contribution in [0.1, 0.15) is 0 Å². The number of para-hydroxylation sites is 2. The van der Waals surface area contributed by atoms with Crippen molar-refractivity contribution in [2.24, 2.45) is 0 Å². The van der Waals surface area contributed by atoms with Gasteiger partial charge in [0.05, 0.1) is 11.0 Å². The Bertz CT molecular complexity index is 2190. The van der Waals surface area contributed by atoms with Crippen LogP contribution in [-0.2, 0) is 0 Å². The van der Waals surface area contributed by atoms with Crippen molar-refractivity contribution < 1.29 is 0 Å². The van der Waals surface area contributed by atoms with Gasteiger partial charge in [-0.05, 0) is 63.5 Å². The molecule has 6 aromatic carbocycles. The van der Waals surface area contributed by atoms with Gasteiger partial charge in [-0.3, -0.25) is 0 Å². The van der Waals surface area contributed by atoms with Gasteiger partial charge in [0.2, 0.25) is 0 Å². The average molecular weight is 492 g/mol. The predicted molar refractivity (Wildman–Crippen MR) is 164 cm³/mol. The van der Waals surface area contributed by atoms with Crippen LogP contribution in [0.25, 0.3) is 60.9 Å². The molecule has 7 aromatic rings. The molecule has 0 unspecified atom stereocenters. The maximum absolute atomic E-state index is 2.61. The second-order valence-corrected chi connectivity index (χ2v) is 10.9. The number of fused-ring (bicyclic) bond motifs is 10. The van der Waals surface area contributed by atoms with Gasteiger partial charge in [0, 0.05) is 39.0 Å². The van der Waals surface area contributed by atoms with E-state index >= 15 is 0 Å². The van der Waals surface area contributed by atoms with E-state index in [2.05, 4.69) is 137 Å². The zero-order valence-corrected chi connectivity index (χ0v) is 21.1. The van der Waals surface area contributed by atoms with Gasteiger partial charge in [0.15, 0.2) is 0 Å². The number of benzene rings is 6. The molecule has 0 saturated heterocycles. The average Bonchev–Trinajstić information content (AvgIpc) is 3.35. The molecule has 1 aromatic heterocycles. The van der Waals surface area contributed by atoms with E-state index in [0.717, 1.165) is 0 Å². The third kappa shape index (κ3) is 2.31. The van der Waals surface area contributed by atoms with E-state index in [1.54, 1.807) is 0 Å². The Hall–Kier alpha value is -5.02. The highest BCUT2D eigenvalue weighted by Gasteiger charge is 2.47. The quantitative estimate of drug-likeness (QED) is 0.214. The molecule has 2 nitrogen and oxygen atoms in total. The first-order chi connectivity index (χ1) is 19.4. The Labute approximate surface area is 226 Å². The number of nitrogens with zero attached hydrogens (tertiary/aromatic N) is 2. The molecule has 10 rings (SSSR count). The molecule has 0 N–H and O–H groups in total. The van der Waals surface area contributed by atoms with Gasteiger partial charge < -0.3 is 9.38 Å². The maximum atomic E-state index is 2.61. The molecule has 0 radical (unpaired) electrons. The van der Waals surface area contributed by atoms with Crippen LogP contribution in [0.4, 0.5) is 11.4 Å². The summed E-state index contributed by atoms with van der Waals surface area (Å²) in [5.74, 6) is 0. The largest absolute Gasteiger partial charge is 0.376 e. The Kier molecular flexibility index (Phi) is 3.54. The van der Waals surface area contributed by atoms with Crippen LogP contribution in [0.5, 0.6) is 0 Å². The monoisotopic (exact) mass is 492 g/mol. The molecular weight excluding hydrogens is 471 g/mol. The zero-order chi connectivity index (χ0) is 25.2. The molecule has 3 aliphatic rings. The minimum absolute atomic E-state index is 0.144. The van der Waals surface area contributed by atoms with Crippen LogP contribution in [0.3, 0.4) is 0 Å². The predicted octanol–water partition coefficient (Wildman–Crippen LogP) is 7.67. The molecule has 0 spiro atoms. The van der Waals surface area contributed by atoms with Crippen LogP contribution in [-0.4, -0.2) is 11.4 Å². The summed E-state index contributed by atoms with van der Waals surface area (Å²) in [6.45, 7) is 0.144. The number of aromatic nitrogens is 1. The van der Waals surface area contributed by atoms with Crippen molar-refractivity contribution in [3.05, 3.63) is 127 Å². The van der Waals surface area contributed by atoms with Gasteiger partial charge in [-0.25, -0.2) is 0 Å². The Morgan fingerprint density at radius 1 is 0.436 bits per heavy atom. The molecule has 39 heavy (non-hydrogen) atoms. The van der Waals surface area contributed by atoms with E-state index < -0.39 is 0 Å². The fourth-order valence-corrected chi connectivity index (χ4v) is 7.61. The van der Waals surface area contributed by atoms with Crippen LogP contribution in [0, 0.1) is 0 Å². The van der Waals surface area contributed by atoms with Gasteiger partial charge in [-0.15, -0.1) is 0 Å². The van der Waals surface area contributed by atoms with Crippen molar-refractivity contribution in [1.82, 2.24) is 4.57 Å². The van der Waals surface area contributed by atoms with Crippen molar-refractivity contribution in [2.75, 3.05) is 4.81 Å². The van der Waals surface area contributed by atoms with Crippen molar-refractivity contribution in [3.63, 3.8) is 0 Å². The fraction of sp³-hybridized carbons (Fsp3) is 0. The minimum atomic E-state index is 0.144. The first-order valence-corrected chi connectivity index (χ1v) is 13.7. The lowest BCUT2D eigenvalue weighted by Gasteiger charge is -2.46. The van der Waals surface area contributed by atoms with E-state index in [-0.39, 0.29) is 6.85 Å². The summed E-state index contributed by atoms with van der Waals surface area (Å²) in [4.78, 5) is 2.61. The number of hydrogen-bond acceptors (Lipinski definition) is 1. The number of hydrogen-bond donors (Lipinski definition) is 0. The van der Waals surface area contributed by atoms with Gasteiger partial charge in [0.25, 0.3) is 0 Å². The second-order valence-electron chi connectivity index (χ2n) is 10.9. The van der Waals surface area contributed by atoms with Crippen LogP contribution < -0.4 is 15.7 Å². The molecule has 3 heteroatoms. The van der Waals surface area contributed by atoms with Crippen molar-refractivity contribution in [2.45, 2.75) is 0 Å². The smallest absolute Gasteiger partial charge is 0.333 e. The summed E-state index contributed by atoms with van der Waals surface area (Å²) < 4.78 is 2.55. The third-order valence-electron chi connectivity index (χ3n) is 9.11. The highest BCUT2D eigenvalue weighted by molar-refractivity contribution is 6.95. The van der Waals surface area contributed by atoms with E-state index in [0.29, 0.717) is 0 Å². The lowest BCUT2D eigenvalue weighted by atomic mass is 9.41. The number of rotatable bonds is 1. The topological polar surface area (TPSA) is 8.17 Å². The zero-order valence-electron chi connectivity index (χ0n) is 21.1. The van der Waals surface area contributed by atoms with Crippen molar-refractivity contribution in [1.29, 1.82) is 0 Å². The molecule has 0 fully saturated rings. The van der Waals surface area contributed by atoms with E-state index in [1.807, 2.05) is 0 Å². The first-order valence-electron chi connectivity index (χ1n) is 13.7. The summed E-state index contributed by atoms with van der Waals surface area (Å²) in [5.41, 5.74) is 17.2. The first kappa shape index (κ1) is 20.0. The summed E-state index contributed by atoms with van der Waals surface area (Å²) in [6, 6.07) is 47.2. The highest BCUT2D eigenvalue weighted by Crippen LogP contribution is 2.49. The molecule has 0 saturated carbocycles. The highest BCUT2D eigenvalue weighted by atomic mass is 15.1. The van der Waals surface area contributed by atoms with Gasteiger partial charge in [-0.2, -0.15) is 0 Å². The van der Waals surface area contributed by atoms with Crippen LogP contribution >= 0.6 is 0 Å². The van der Waals surface area contributed by atoms with E-state index in [4.69, 9.17) is 0 Å². The van der Waals surface area contributed by atoms with E-state index in [1.165, 1.54) is 83.2 Å². The Morgan fingerprint density at radius 2 is 1.10 bits per heavy atom. The minimum Gasteiger partial charge on any atom is -0.376 e. The maximum Gasteiger partial charge on any atom is 0.333 e. The number of anilines is 2. The Balaban J connectivity index is 1.42. The van der Waals surface area contributed by atoms with Crippen LogP contribution in [0.2, 0.25) is 0 Å². The second kappa shape index (κ2) is 6.89. The molecule has 3 aliphatic heterocycles. The van der Waals surface area contributed by atoms with Gasteiger partial charge in [0.1, 0.15) is 0 Å². The summed E-state index contributed by atoms with van der Waals surface area (Å²) in [5, 5.41) is 2.64. The Morgan fingerprint density at radius 3 is 1.90 bits per heavy atom. The van der Waals surface area contributed by atoms with Crippen LogP contribution in [0.15, 0.2) is 127 Å². The molecule has 178 valence electrons. The molecule has 0 amide bonds. The molecule has 0 bridgehead atoms. The standard InChI is InChI=1S/C36H21BN2/c1-2-9-22(10-3-1)23-17-20-30-29(21-23)28-19-18-27-25-12-5-7-15-32(25)39-31-14-6-4-11-24(31)26-13-8-16-33-34(26)37(39)35(27)36(28)38(30)33/h1-21H.